The molecule has 0 bridgehead atoms. The van der Waals surface area contributed by atoms with E-state index in [9.17, 15) is 14.7 Å². The number of carboxylic acid groups (broad SMARTS) is 1. The van der Waals surface area contributed by atoms with Crippen LogP contribution in [-0.4, -0.2) is 31.8 Å². The van der Waals surface area contributed by atoms with E-state index in [4.69, 9.17) is 0 Å². The van der Waals surface area contributed by atoms with Crippen LogP contribution in [0, 0.1) is 5.92 Å². The van der Waals surface area contributed by atoms with Gasteiger partial charge in [0.05, 0.1) is 11.0 Å². The molecule has 0 aromatic carbocycles. The maximum Gasteiger partial charge on any atom is 0.340 e. The number of ketones is 1. The van der Waals surface area contributed by atoms with E-state index >= 15 is 0 Å². The summed E-state index contributed by atoms with van der Waals surface area (Å²) in [5.74, 6) is -2.15. The van der Waals surface area contributed by atoms with Gasteiger partial charge in [-0.2, -0.15) is 0 Å². The van der Waals surface area contributed by atoms with Crippen LogP contribution < -0.4 is 0 Å². The molecule has 0 spiro atoms. The summed E-state index contributed by atoms with van der Waals surface area (Å²) in [4.78, 5) is 36.7. The minimum Gasteiger partial charge on any atom is -0.478 e. The quantitative estimate of drug-likeness (QED) is 0.698. The molecule has 134 valence electrons. The largest absolute Gasteiger partial charge is 0.478 e. The van der Waals surface area contributed by atoms with Gasteiger partial charge in [-0.1, -0.05) is 18.6 Å². The Morgan fingerprint density at radius 1 is 1.19 bits per heavy atom. The molecule has 6 nitrogen and oxygen atoms in total. The van der Waals surface area contributed by atoms with E-state index in [0.717, 1.165) is 22.2 Å². The molecule has 0 saturated carbocycles. The molecule has 4 rings (SSSR count). The molecule has 0 amide bonds. The molecule has 0 saturated heterocycles. The van der Waals surface area contributed by atoms with Gasteiger partial charge in [-0.05, 0) is 30.7 Å². The number of carboxylic acids is 1. The third-order valence-corrected chi connectivity index (χ3v) is 5.05. The summed E-state index contributed by atoms with van der Waals surface area (Å²) >= 11 is 0. The second-order valence-electron chi connectivity index (χ2n) is 6.54. The van der Waals surface area contributed by atoms with Crippen molar-refractivity contribution in [3.63, 3.8) is 0 Å². The lowest BCUT2D eigenvalue weighted by atomic mass is 9.75. The zero-order chi connectivity index (χ0) is 19.1. The Kier molecular flexibility index (Phi) is 3.96. The van der Waals surface area contributed by atoms with E-state index in [1.807, 2.05) is 19.1 Å². The second kappa shape index (κ2) is 6.32. The number of allylic oxidation sites excluding steroid dienone is 3. The van der Waals surface area contributed by atoms with Crippen molar-refractivity contribution < 1.29 is 14.7 Å². The Morgan fingerprint density at radius 3 is 2.67 bits per heavy atom. The first-order valence-electron chi connectivity index (χ1n) is 8.56. The molecular weight excluding hydrogens is 342 g/mol. The fraction of sp³-hybridized carbons (Fsp3) is 0.143. The molecule has 27 heavy (non-hydrogen) atoms. The van der Waals surface area contributed by atoms with Crippen LogP contribution in [0.5, 0.6) is 0 Å². The number of aromatic amines is 1. The van der Waals surface area contributed by atoms with Crippen LogP contribution in [0.1, 0.15) is 25.0 Å². The standard InChI is InChI=1S/C21H17N3O3/c1-11-12(2)20(25)18(21(26)27)17(16(11)13-5-3-7-22-9-13)14-10-24-15-6-4-8-23-19(14)15/h3-10,12,24H,1-2H3,(H,26,27). The van der Waals surface area contributed by atoms with Gasteiger partial charge in [-0.3, -0.25) is 14.8 Å². The van der Waals surface area contributed by atoms with E-state index in [0.29, 0.717) is 16.7 Å². The van der Waals surface area contributed by atoms with Crippen molar-refractivity contribution in [1.29, 1.82) is 0 Å². The minimum atomic E-state index is -1.24. The molecule has 1 unspecified atom stereocenters. The Balaban J connectivity index is 2.12. The Hall–Kier alpha value is -3.54. The molecule has 1 atom stereocenters. The lowest BCUT2D eigenvalue weighted by Crippen LogP contribution is -2.26. The monoisotopic (exact) mass is 359 g/mol. The molecule has 0 fully saturated rings. The highest BCUT2D eigenvalue weighted by Crippen LogP contribution is 2.44. The van der Waals surface area contributed by atoms with Gasteiger partial charge >= 0.3 is 5.97 Å². The minimum absolute atomic E-state index is 0.210. The molecular formula is C21H17N3O3. The summed E-state index contributed by atoms with van der Waals surface area (Å²) in [6.07, 6.45) is 6.70. The predicted molar refractivity (Wildman–Crippen MR) is 102 cm³/mol. The van der Waals surface area contributed by atoms with Gasteiger partial charge in [0.25, 0.3) is 0 Å². The Morgan fingerprint density at radius 2 is 1.96 bits per heavy atom. The van der Waals surface area contributed by atoms with Crippen molar-refractivity contribution in [2.45, 2.75) is 13.8 Å². The van der Waals surface area contributed by atoms with Gasteiger partial charge in [0.2, 0.25) is 0 Å². The molecule has 0 radical (unpaired) electrons. The van der Waals surface area contributed by atoms with Gasteiger partial charge < -0.3 is 10.1 Å². The number of fused-ring (bicyclic) bond motifs is 1. The van der Waals surface area contributed by atoms with E-state index < -0.39 is 17.7 Å². The van der Waals surface area contributed by atoms with E-state index in [-0.39, 0.29) is 5.57 Å². The lowest BCUT2D eigenvalue weighted by Gasteiger charge is -2.27. The van der Waals surface area contributed by atoms with Crippen LogP contribution in [0.15, 0.2) is 60.2 Å². The first-order valence-corrected chi connectivity index (χ1v) is 8.56. The number of hydrogen-bond donors (Lipinski definition) is 2. The van der Waals surface area contributed by atoms with Gasteiger partial charge in [0.1, 0.15) is 5.57 Å². The number of H-pyrrole nitrogens is 1. The van der Waals surface area contributed by atoms with Crippen molar-refractivity contribution >= 4 is 33.9 Å². The first kappa shape index (κ1) is 16.9. The maximum atomic E-state index is 12.9. The topological polar surface area (TPSA) is 95.9 Å². The number of aromatic nitrogens is 3. The second-order valence-corrected chi connectivity index (χ2v) is 6.54. The Labute approximate surface area is 155 Å². The molecule has 2 N–H and O–H groups in total. The van der Waals surface area contributed by atoms with Crippen LogP contribution in [-0.2, 0) is 9.59 Å². The van der Waals surface area contributed by atoms with Crippen molar-refractivity contribution in [3.8, 4) is 0 Å². The van der Waals surface area contributed by atoms with Crippen molar-refractivity contribution in [2.75, 3.05) is 0 Å². The summed E-state index contributed by atoms with van der Waals surface area (Å²) in [7, 11) is 0. The number of hydrogen-bond acceptors (Lipinski definition) is 4. The Bertz CT molecular complexity index is 1140. The SMILES string of the molecule is CC1=C(c2cccnc2)C(c2c[nH]c3cccnc23)=C(C(=O)O)C(=O)C1C. The van der Waals surface area contributed by atoms with Crippen LogP contribution in [0.3, 0.4) is 0 Å². The highest BCUT2D eigenvalue weighted by molar-refractivity contribution is 6.33. The average molecular weight is 359 g/mol. The highest BCUT2D eigenvalue weighted by Gasteiger charge is 2.37. The number of nitrogens with zero attached hydrogens (tertiary/aromatic N) is 2. The zero-order valence-corrected chi connectivity index (χ0v) is 14.9. The molecule has 1 aliphatic rings. The predicted octanol–water partition coefficient (Wildman–Crippen LogP) is 3.49. The fourth-order valence-electron chi connectivity index (χ4n) is 3.58. The number of carbonyl (C=O) groups excluding carboxylic acids is 1. The van der Waals surface area contributed by atoms with E-state index in [2.05, 4.69) is 15.0 Å². The van der Waals surface area contributed by atoms with E-state index in [1.54, 1.807) is 43.8 Å². The first-order chi connectivity index (χ1) is 13.0. The molecule has 1 aliphatic carbocycles. The van der Waals surface area contributed by atoms with Gasteiger partial charge in [-0.15, -0.1) is 0 Å². The number of aliphatic carboxylic acids is 1. The fourth-order valence-corrected chi connectivity index (χ4v) is 3.58. The summed E-state index contributed by atoms with van der Waals surface area (Å²) in [5, 5.41) is 9.87. The highest BCUT2D eigenvalue weighted by atomic mass is 16.4. The third-order valence-electron chi connectivity index (χ3n) is 5.05. The normalized spacial score (nSPS) is 17.7. The lowest BCUT2D eigenvalue weighted by molar-refractivity contribution is -0.135. The van der Waals surface area contributed by atoms with Crippen molar-refractivity contribution in [3.05, 3.63) is 71.3 Å². The maximum absolute atomic E-state index is 12.9. The van der Waals surface area contributed by atoms with Crippen molar-refractivity contribution in [2.24, 2.45) is 5.92 Å². The number of nitrogens with one attached hydrogen (secondary N) is 1. The molecule has 3 heterocycles. The summed E-state index contributed by atoms with van der Waals surface area (Å²) in [6.45, 7) is 3.60. The smallest absolute Gasteiger partial charge is 0.340 e. The summed E-state index contributed by atoms with van der Waals surface area (Å²) < 4.78 is 0. The number of rotatable bonds is 3. The van der Waals surface area contributed by atoms with Crippen LogP contribution in [0.4, 0.5) is 0 Å². The number of carbonyl (C=O) groups is 2. The van der Waals surface area contributed by atoms with Gasteiger partial charge in [0, 0.05) is 47.4 Å². The number of Topliss-reactive ketones (excluding diaryl/α,β-unsaturated/α-hetero) is 1. The molecule has 3 aromatic rings. The van der Waals surface area contributed by atoms with Gasteiger partial charge in [0.15, 0.2) is 5.78 Å². The summed E-state index contributed by atoms with van der Waals surface area (Å²) in [5.41, 5.74) is 4.49. The molecule has 3 aromatic heterocycles. The van der Waals surface area contributed by atoms with E-state index in [1.165, 1.54) is 0 Å². The van der Waals surface area contributed by atoms with Crippen LogP contribution in [0.25, 0.3) is 22.2 Å². The number of pyridine rings is 2. The zero-order valence-electron chi connectivity index (χ0n) is 14.9. The average Bonchev–Trinajstić information content (AvgIpc) is 3.10. The molecule has 6 heteroatoms. The third kappa shape index (κ3) is 2.57. The van der Waals surface area contributed by atoms with Gasteiger partial charge in [-0.25, -0.2) is 4.79 Å². The van der Waals surface area contributed by atoms with Crippen molar-refractivity contribution in [1.82, 2.24) is 15.0 Å². The molecule has 0 aliphatic heterocycles. The van der Waals surface area contributed by atoms with Crippen LogP contribution >= 0.6 is 0 Å². The summed E-state index contributed by atoms with van der Waals surface area (Å²) in [6, 6.07) is 7.32. The van der Waals surface area contributed by atoms with Crippen LogP contribution in [0.2, 0.25) is 0 Å².